The molecule has 1 N–H and O–H groups in total. The molecule has 1 aromatic heterocycles. The molecule has 9 heteroatoms. The van der Waals surface area contributed by atoms with Crippen LogP contribution in [0.25, 0.3) is 0 Å². The van der Waals surface area contributed by atoms with Crippen LogP contribution in [0.5, 0.6) is 0 Å². The highest BCUT2D eigenvalue weighted by Crippen LogP contribution is 2.41. The lowest BCUT2D eigenvalue weighted by atomic mass is 9.76. The lowest BCUT2D eigenvalue weighted by Gasteiger charge is -2.35. The van der Waals surface area contributed by atoms with Gasteiger partial charge in [0.15, 0.2) is 0 Å². The molecule has 7 nitrogen and oxygen atoms in total. The monoisotopic (exact) mass is 403 g/mol. The third-order valence-corrected chi connectivity index (χ3v) is 5.55. The van der Waals surface area contributed by atoms with Crippen LogP contribution in [0.1, 0.15) is 19.3 Å². The largest absolute Gasteiger partial charge is 0.461 e. The lowest BCUT2D eigenvalue weighted by molar-refractivity contribution is -0.150. The summed E-state index contributed by atoms with van der Waals surface area (Å²) in [5.41, 5.74) is -0.213. The molecule has 1 unspecified atom stereocenters. The Kier molecular flexibility index (Phi) is 7.46. The molecule has 1 spiro atoms. The van der Waals surface area contributed by atoms with Gasteiger partial charge in [0.2, 0.25) is 5.95 Å². The molecule has 3 fully saturated rings. The first-order valence-electron chi connectivity index (χ1n) is 8.91. The highest BCUT2D eigenvalue weighted by Gasteiger charge is 2.49. The molecule has 26 heavy (non-hydrogen) atoms. The van der Waals surface area contributed by atoms with Crippen molar-refractivity contribution in [2.45, 2.75) is 25.4 Å². The number of nitrogens with zero attached hydrogens (tertiary/aromatic N) is 4. The molecule has 1 aromatic rings. The molecule has 4 rings (SSSR count). The summed E-state index contributed by atoms with van der Waals surface area (Å²) >= 11 is 0. The van der Waals surface area contributed by atoms with Gasteiger partial charge in [-0.1, -0.05) is 0 Å². The maximum absolute atomic E-state index is 12.3. The number of carbonyl (C=O) groups is 1. The van der Waals surface area contributed by atoms with Crippen LogP contribution in [0.15, 0.2) is 18.5 Å². The van der Waals surface area contributed by atoms with Gasteiger partial charge >= 0.3 is 5.97 Å². The SMILES string of the molecule is Cl.Cl.O=C1OC(CN2CCN(c3ncccn3)CC2)CC12CCNCC2. The predicted molar refractivity (Wildman–Crippen MR) is 104 cm³/mol. The van der Waals surface area contributed by atoms with Crippen LogP contribution in [0, 0.1) is 5.41 Å². The van der Waals surface area contributed by atoms with Gasteiger partial charge in [0, 0.05) is 51.5 Å². The maximum atomic E-state index is 12.3. The van der Waals surface area contributed by atoms with Crippen LogP contribution >= 0.6 is 24.8 Å². The molecule has 3 saturated heterocycles. The van der Waals surface area contributed by atoms with E-state index in [1.54, 1.807) is 12.4 Å². The minimum absolute atomic E-state index is 0. The van der Waals surface area contributed by atoms with Crippen LogP contribution in [-0.4, -0.2) is 72.8 Å². The van der Waals surface area contributed by atoms with Crippen LogP contribution in [-0.2, 0) is 9.53 Å². The number of esters is 1. The van der Waals surface area contributed by atoms with E-state index in [-0.39, 0.29) is 42.3 Å². The second-order valence-electron chi connectivity index (χ2n) is 7.10. The summed E-state index contributed by atoms with van der Waals surface area (Å²) in [4.78, 5) is 25.6. The van der Waals surface area contributed by atoms with E-state index in [1.165, 1.54) is 0 Å². The minimum Gasteiger partial charge on any atom is -0.461 e. The molecule has 0 radical (unpaired) electrons. The summed E-state index contributed by atoms with van der Waals surface area (Å²) in [6.07, 6.45) is 6.34. The lowest BCUT2D eigenvalue weighted by Crippen LogP contribution is -2.49. The Balaban J connectivity index is 0.00000121. The van der Waals surface area contributed by atoms with E-state index >= 15 is 0 Å². The molecule has 3 aliphatic heterocycles. The fourth-order valence-electron chi connectivity index (χ4n) is 4.13. The van der Waals surface area contributed by atoms with Crippen LogP contribution in [0.3, 0.4) is 0 Å². The highest BCUT2D eigenvalue weighted by atomic mass is 35.5. The molecule has 3 aliphatic rings. The summed E-state index contributed by atoms with van der Waals surface area (Å²) in [6.45, 7) is 6.46. The number of hydrogen-bond donors (Lipinski definition) is 1. The number of nitrogens with one attached hydrogen (secondary N) is 1. The standard InChI is InChI=1S/C17H25N5O2.2ClH/c23-15-17(2-6-18-7-3-17)12-14(24-15)13-21-8-10-22(11-9-21)16-19-4-1-5-20-16;;/h1,4-5,14,18H,2-3,6-13H2;2*1H. The number of ether oxygens (including phenoxy) is 1. The van der Waals surface area contributed by atoms with Crippen molar-refractivity contribution in [1.82, 2.24) is 20.2 Å². The fourth-order valence-corrected chi connectivity index (χ4v) is 4.13. The molecular weight excluding hydrogens is 377 g/mol. The highest BCUT2D eigenvalue weighted by molar-refractivity contribution is 5.85. The number of cyclic esters (lactones) is 1. The van der Waals surface area contributed by atoms with E-state index in [4.69, 9.17) is 4.74 Å². The van der Waals surface area contributed by atoms with Crippen LogP contribution in [0.2, 0.25) is 0 Å². The van der Waals surface area contributed by atoms with Gasteiger partial charge in [0.25, 0.3) is 0 Å². The second-order valence-corrected chi connectivity index (χ2v) is 7.10. The second kappa shape index (κ2) is 9.17. The Morgan fingerprint density at radius 3 is 2.42 bits per heavy atom. The molecule has 0 aliphatic carbocycles. The van der Waals surface area contributed by atoms with Crippen molar-refractivity contribution < 1.29 is 9.53 Å². The smallest absolute Gasteiger partial charge is 0.312 e. The zero-order valence-corrected chi connectivity index (χ0v) is 16.4. The van der Waals surface area contributed by atoms with Gasteiger partial charge in [-0.05, 0) is 32.0 Å². The number of rotatable bonds is 3. The number of piperazine rings is 1. The van der Waals surface area contributed by atoms with Crippen molar-refractivity contribution in [3.63, 3.8) is 0 Å². The van der Waals surface area contributed by atoms with E-state index in [0.29, 0.717) is 0 Å². The van der Waals surface area contributed by atoms with Crippen molar-refractivity contribution in [1.29, 1.82) is 0 Å². The number of piperidine rings is 1. The number of hydrogen-bond acceptors (Lipinski definition) is 7. The molecule has 0 bridgehead atoms. The average Bonchev–Trinajstić information content (AvgIpc) is 2.92. The summed E-state index contributed by atoms with van der Waals surface area (Å²) < 4.78 is 5.72. The Labute approximate surface area is 166 Å². The van der Waals surface area contributed by atoms with Gasteiger partial charge < -0.3 is 15.0 Å². The predicted octanol–water partition coefficient (Wildman–Crippen LogP) is 1.13. The zero-order valence-electron chi connectivity index (χ0n) is 14.8. The Morgan fingerprint density at radius 2 is 1.77 bits per heavy atom. The van der Waals surface area contributed by atoms with E-state index in [1.807, 2.05) is 6.07 Å². The Bertz CT molecular complexity index is 578. The molecule has 0 saturated carbocycles. The van der Waals surface area contributed by atoms with E-state index in [2.05, 4.69) is 25.1 Å². The van der Waals surface area contributed by atoms with Gasteiger partial charge in [-0.3, -0.25) is 9.69 Å². The van der Waals surface area contributed by atoms with E-state index in [9.17, 15) is 4.79 Å². The first-order valence-corrected chi connectivity index (χ1v) is 8.91. The summed E-state index contributed by atoms with van der Waals surface area (Å²) in [7, 11) is 0. The average molecular weight is 404 g/mol. The topological polar surface area (TPSA) is 70.6 Å². The molecular formula is C17H27Cl2N5O2. The minimum atomic E-state index is -0.213. The normalized spacial score (nSPS) is 25.3. The van der Waals surface area contributed by atoms with Gasteiger partial charge in [0.1, 0.15) is 6.10 Å². The molecule has 4 heterocycles. The first kappa shape index (κ1) is 21.2. The number of halogens is 2. The molecule has 0 aromatic carbocycles. The number of aromatic nitrogens is 2. The van der Waals surface area contributed by atoms with Gasteiger partial charge in [-0.2, -0.15) is 0 Å². The molecule has 1 atom stereocenters. The molecule has 0 amide bonds. The number of anilines is 1. The van der Waals surface area contributed by atoms with Gasteiger partial charge in [-0.25, -0.2) is 9.97 Å². The van der Waals surface area contributed by atoms with Crippen LogP contribution in [0.4, 0.5) is 5.95 Å². The third-order valence-electron chi connectivity index (χ3n) is 5.55. The van der Waals surface area contributed by atoms with Gasteiger partial charge in [-0.15, -0.1) is 24.8 Å². The molecule has 146 valence electrons. The first-order chi connectivity index (χ1) is 11.8. The summed E-state index contributed by atoms with van der Waals surface area (Å²) in [5.74, 6) is 0.837. The van der Waals surface area contributed by atoms with E-state index in [0.717, 1.165) is 71.0 Å². The van der Waals surface area contributed by atoms with Crippen molar-refractivity contribution in [3.8, 4) is 0 Å². The Hall–Kier alpha value is -1.15. The third kappa shape index (κ3) is 4.39. The Morgan fingerprint density at radius 1 is 1.12 bits per heavy atom. The van der Waals surface area contributed by atoms with Crippen LogP contribution < -0.4 is 10.2 Å². The van der Waals surface area contributed by atoms with Crippen molar-refractivity contribution in [3.05, 3.63) is 18.5 Å². The summed E-state index contributed by atoms with van der Waals surface area (Å²) in [5, 5.41) is 3.34. The quantitative estimate of drug-likeness (QED) is 0.758. The van der Waals surface area contributed by atoms with E-state index < -0.39 is 0 Å². The van der Waals surface area contributed by atoms with Crippen molar-refractivity contribution >= 4 is 36.7 Å². The van der Waals surface area contributed by atoms with Crippen molar-refractivity contribution in [2.75, 3.05) is 50.7 Å². The zero-order chi connectivity index (χ0) is 16.4. The van der Waals surface area contributed by atoms with Gasteiger partial charge in [0.05, 0.1) is 5.41 Å². The van der Waals surface area contributed by atoms with Crippen molar-refractivity contribution in [2.24, 2.45) is 5.41 Å². The maximum Gasteiger partial charge on any atom is 0.312 e. The fraction of sp³-hybridized carbons (Fsp3) is 0.706. The summed E-state index contributed by atoms with van der Waals surface area (Å²) in [6, 6.07) is 1.84. The number of carbonyl (C=O) groups excluding carboxylic acids is 1.